The number of halogens is 6. The fourth-order valence-corrected chi connectivity index (χ4v) is 5.47. The number of carbonyl (C=O) groups is 1. The molecule has 3 heterocycles. The van der Waals surface area contributed by atoms with E-state index < -0.39 is 89.0 Å². The van der Waals surface area contributed by atoms with Gasteiger partial charge in [-0.1, -0.05) is 0 Å². The van der Waals surface area contributed by atoms with Gasteiger partial charge in [-0.25, -0.2) is 4.79 Å². The maximum atomic E-state index is 13.3. The summed E-state index contributed by atoms with van der Waals surface area (Å²) in [7, 11) is 0. The van der Waals surface area contributed by atoms with Crippen molar-refractivity contribution >= 4 is 17.9 Å². The Labute approximate surface area is 204 Å². The molecule has 1 aromatic carbocycles. The molecule has 204 valence electrons. The number of rotatable bonds is 3. The van der Waals surface area contributed by atoms with Crippen LogP contribution in [0.25, 0.3) is 0 Å². The number of esters is 1. The van der Waals surface area contributed by atoms with E-state index in [4.69, 9.17) is 15.6 Å². The highest BCUT2D eigenvalue weighted by Crippen LogP contribution is 2.51. The van der Waals surface area contributed by atoms with E-state index in [0.717, 1.165) is 11.8 Å². The maximum Gasteiger partial charge on any atom is 0.416 e. The van der Waals surface area contributed by atoms with Gasteiger partial charge < -0.3 is 30.5 Å². The van der Waals surface area contributed by atoms with Gasteiger partial charge >= 0.3 is 18.3 Å². The number of hydroxylamine groups is 2. The number of hydrogen-bond donors (Lipinski definition) is 7. The largest absolute Gasteiger partial charge is 0.453 e. The second-order valence-electron chi connectivity index (χ2n) is 9.17. The monoisotopic (exact) mass is 540 g/mol. The van der Waals surface area contributed by atoms with Gasteiger partial charge in [0.1, 0.15) is 5.60 Å². The lowest BCUT2D eigenvalue weighted by Crippen LogP contribution is -2.80. The van der Waals surface area contributed by atoms with Crippen molar-refractivity contribution in [2.75, 3.05) is 6.61 Å². The number of carbonyl (C=O) groups excluding carboxylic acids is 1. The van der Waals surface area contributed by atoms with Gasteiger partial charge in [-0.3, -0.25) is 16.0 Å². The topological polar surface area (TPSA) is 165 Å². The number of ether oxygens (including phenoxy) is 1. The van der Waals surface area contributed by atoms with Crippen molar-refractivity contribution in [1.82, 2.24) is 20.6 Å². The van der Waals surface area contributed by atoms with E-state index in [2.05, 4.69) is 10.6 Å². The summed E-state index contributed by atoms with van der Waals surface area (Å²) in [5.41, 5.74) is -9.11. The maximum absolute atomic E-state index is 13.3. The number of nitrogens with one attached hydrogen (secondary N) is 4. The van der Waals surface area contributed by atoms with E-state index >= 15 is 0 Å². The van der Waals surface area contributed by atoms with Crippen LogP contribution >= 0.6 is 0 Å². The third-order valence-corrected chi connectivity index (χ3v) is 6.99. The van der Waals surface area contributed by atoms with Crippen molar-refractivity contribution in [2.45, 2.75) is 61.7 Å². The van der Waals surface area contributed by atoms with Gasteiger partial charge in [-0.05, 0) is 32.0 Å². The van der Waals surface area contributed by atoms with Gasteiger partial charge in [0.2, 0.25) is 5.96 Å². The second kappa shape index (κ2) is 8.09. The van der Waals surface area contributed by atoms with Crippen LogP contribution in [0.1, 0.15) is 35.3 Å². The summed E-state index contributed by atoms with van der Waals surface area (Å²) >= 11 is 0. The molecule has 11 nitrogen and oxygen atoms in total. The minimum Gasteiger partial charge on any atom is -0.453 e. The van der Waals surface area contributed by atoms with Crippen molar-refractivity contribution in [1.29, 1.82) is 10.8 Å². The Morgan fingerprint density at radius 2 is 1.62 bits per heavy atom. The summed E-state index contributed by atoms with van der Waals surface area (Å²) in [4.78, 5) is 14.0. The highest BCUT2D eigenvalue weighted by Gasteiger charge is 2.78. The van der Waals surface area contributed by atoms with Crippen molar-refractivity contribution in [3.05, 3.63) is 34.9 Å². The first-order chi connectivity index (χ1) is 16.9. The normalized spacial score (nSPS) is 33.6. The Bertz CT molecular complexity index is 1130. The second-order valence-corrected chi connectivity index (χ2v) is 9.17. The SMILES string of the molecule is CC1[C@H](OC(=O)c2cc(C(F)(F)F)cc(C(F)(F)F)c2)[C@](C)(O)C23C(NC(=N)N2O)[C@H](CO)NC(=N)N13. The van der Waals surface area contributed by atoms with Crippen LogP contribution in [-0.4, -0.2) is 85.4 Å². The lowest BCUT2D eigenvalue weighted by Gasteiger charge is -2.53. The predicted molar refractivity (Wildman–Crippen MR) is 110 cm³/mol. The lowest BCUT2D eigenvalue weighted by atomic mass is 9.78. The zero-order chi connectivity index (χ0) is 27.9. The molecule has 0 amide bonds. The number of aliphatic hydroxyl groups excluding tert-OH is 1. The van der Waals surface area contributed by atoms with Gasteiger partial charge in [0.05, 0.1) is 41.4 Å². The Morgan fingerprint density at radius 3 is 2.11 bits per heavy atom. The van der Waals surface area contributed by atoms with Crippen LogP contribution in [-0.2, 0) is 17.1 Å². The van der Waals surface area contributed by atoms with Crippen LogP contribution in [0.3, 0.4) is 0 Å². The molecule has 17 heteroatoms. The molecular weight excluding hydrogens is 518 g/mol. The quantitative estimate of drug-likeness (QED) is 0.218. The fraction of sp³-hybridized carbons (Fsp3) is 0.550. The fourth-order valence-electron chi connectivity index (χ4n) is 5.47. The molecule has 0 radical (unpaired) electrons. The molecule has 3 saturated heterocycles. The summed E-state index contributed by atoms with van der Waals surface area (Å²) < 4.78 is 84.8. The lowest BCUT2D eigenvalue weighted by molar-refractivity contribution is -0.228. The molecule has 7 N–H and O–H groups in total. The van der Waals surface area contributed by atoms with Crippen LogP contribution in [0, 0.1) is 10.8 Å². The Balaban J connectivity index is 1.78. The van der Waals surface area contributed by atoms with Crippen LogP contribution in [0.2, 0.25) is 0 Å². The first-order valence-electron chi connectivity index (χ1n) is 10.7. The zero-order valence-electron chi connectivity index (χ0n) is 19.1. The molecule has 0 bridgehead atoms. The average molecular weight is 540 g/mol. The van der Waals surface area contributed by atoms with Gasteiger partial charge in [0, 0.05) is 0 Å². The molecule has 4 rings (SSSR count). The Hall–Kier alpha value is -3.31. The smallest absolute Gasteiger partial charge is 0.416 e. The van der Waals surface area contributed by atoms with E-state index in [1.165, 1.54) is 6.92 Å². The molecule has 3 fully saturated rings. The molecule has 3 aliphatic heterocycles. The molecule has 1 spiro atoms. The summed E-state index contributed by atoms with van der Waals surface area (Å²) in [6.07, 6.45) is -12.2. The summed E-state index contributed by atoms with van der Waals surface area (Å²) in [5.74, 6) is -2.74. The molecular formula is C20H22F6N6O5. The minimum atomic E-state index is -5.22. The first-order valence-corrected chi connectivity index (χ1v) is 10.7. The van der Waals surface area contributed by atoms with E-state index in [0.29, 0.717) is 0 Å². The van der Waals surface area contributed by atoms with E-state index in [1.807, 2.05) is 0 Å². The van der Waals surface area contributed by atoms with Crippen molar-refractivity contribution in [2.24, 2.45) is 0 Å². The van der Waals surface area contributed by atoms with Crippen LogP contribution in [0.5, 0.6) is 0 Å². The molecule has 0 aromatic heterocycles. The van der Waals surface area contributed by atoms with Gasteiger partial charge in [-0.2, -0.15) is 31.4 Å². The van der Waals surface area contributed by atoms with Crippen molar-refractivity contribution in [3.8, 4) is 0 Å². The minimum absolute atomic E-state index is 0.156. The number of benzene rings is 1. The number of aliphatic hydroxyl groups is 2. The number of nitrogens with zero attached hydrogens (tertiary/aromatic N) is 2. The Morgan fingerprint density at radius 1 is 1.08 bits per heavy atom. The first kappa shape index (κ1) is 26.7. The van der Waals surface area contributed by atoms with Crippen LogP contribution < -0.4 is 10.6 Å². The number of guanidine groups is 2. The van der Waals surface area contributed by atoms with Crippen LogP contribution in [0.15, 0.2) is 18.2 Å². The third-order valence-electron chi connectivity index (χ3n) is 6.99. The molecule has 1 aromatic rings. The number of hydrogen-bond acceptors (Lipinski definition) is 7. The van der Waals surface area contributed by atoms with Crippen molar-refractivity contribution in [3.63, 3.8) is 0 Å². The summed E-state index contributed by atoms with van der Waals surface area (Å²) in [6.45, 7) is 1.77. The molecule has 3 aliphatic rings. The zero-order valence-corrected chi connectivity index (χ0v) is 19.1. The molecule has 3 unspecified atom stereocenters. The predicted octanol–water partition coefficient (Wildman–Crippen LogP) is 0.898. The molecule has 37 heavy (non-hydrogen) atoms. The summed E-state index contributed by atoms with van der Waals surface area (Å²) in [5, 5.41) is 54.1. The Kier molecular flexibility index (Phi) is 5.85. The van der Waals surface area contributed by atoms with Crippen molar-refractivity contribution < 1.29 is 51.3 Å². The van der Waals surface area contributed by atoms with Crippen LogP contribution in [0.4, 0.5) is 26.3 Å². The standard InChI is InChI=1S/C20H22F6N6O5/c1-7-13(37-14(34)8-3-9(19(21,22)23)5-10(4-8)20(24,25)26)17(2,35)18-12(30-16(28)32(18)36)11(6-33)29-15(27)31(7)18/h3-5,7,11-13,33,35-36H,6H2,1-2H3,(H2,27,29)(H2,28,30)/t7?,11-,12?,13-,17-,18?/m0/s1. The summed E-state index contributed by atoms with van der Waals surface area (Å²) in [6, 6.07) is -3.22. The van der Waals surface area contributed by atoms with E-state index in [9.17, 15) is 46.6 Å². The van der Waals surface area contributed by atoms with E-state index in [-0.39, 0.29) is 23.3 Å². The highest BCUT2D eigenvalue weighted by molar-refractivity contribution is 5.91. The number of alkyl halides is 6. The van der Waals surface area contributed by atoms with Gasteiger partial charge in [-0.15, -0.1) is 0 Å². The average Bonchev–Trinajstić information content (AvgIpc) is 3.15. The third kappa shape index (κ3) is 3.66. The highest BCUT2D eigenvalue weighted by atomic mass is 19.4. The van der Waals surface area contributed by atoms with E-state index in [1.54, 1.807) is 0 Å². The molecule has 6 atom stereocenters. The van der Waals surface area contributed by atoms with Gasteiger partial charge in [0.15, 0.2) is 17.7 Å². The molecule has 0 aliphatic carbocycles. The van der Waals surface area contributed by atoms with Gasteiger partial charge in [0.25, 0.3) is 0 Å². The molecule has 0 saturated carbocycles.